The predicted octanol–water partition coefficient (Wildman–Crippen LogP) is 4.91. The van der Waals surface area contributed by atoms with Crippen molar-refractivity contribution < 1.29 is 9.59 Å². The van der Waals surface area contributed by atoms with E-state index in [2.05, 4.69) is 16.0 Å². The fraction of sp³-hybridized carbons (Fsp3) is 0.167. The first-order valence-electron chi connectivity index (χ1n) is 9.50. The molecule has 0 aliphatic rings. The quantitative estimate of drug-likeness (QED) is 0.562. The molecule has 5 nitrogen and oxygen atoms in total. The maximum absolute atomic E-state index is 12.5. The molecule has 0 atom stereocenters. The summed E-state index contributed by atoms with van der Waals surface area (Å²) in [6.45, 7) is 6.09. The first-order chi connectivity index (χ1) is 13.9. The van der Waals surface area contributed by atoms with E-state index in [4.69, 9.17) is 0 Å². The van der Waals surface area contributed by atoms with Crippen molar-refractivity contribution in [2.45, 2.75) is 20.8 Å². The highest BCUT2D eigenvalue weighted by molar-refractivity contribution is 6.05. The van der Waals surface area contributed by atoms with E-state index >= 15 is 0 Å². The molecular formula is C24H25N3O2. The molecule has 0 aliphatic carbocycles. The van der Waals surface area contributed by atoms with E-state index in [1.807, 2.05) is 75.4 Å². The lowest BCUT2D eigenvalue weighted by Gasteiger charge is -2.13. The molecule has 0 spiro atoms. The number of hydrogen-bond acceptors (Lipinski definition) is 3. The van der Waals surface area contributed by atoms with Crippen LogP contribution in [0.15, 0.2) is 66.7 Å². The van der Waals surface area contributed by atoms with Gasteiger partial charge in [0.05, 0.1) is 6.54 Å². The number of para-hydroxylation sites is 1. The molecule has 0 bridgehead atoms. The van der Waals surface area contributed by atoms with Crippen LogP contribution in [0.4, 0.5) is 17.1 Å². The lowest BCUT2D eigenvalue weighted by molar-refractivity contribution is -0.114. The number of benzene rings is 3. The summed E-state index contributed by atoms with van der Waals surface area (Å²) in [7, 11) is 0. The molecule has 3 aromatic rings. The second kappa shape index (κ2) is 9.06. The lowest BCUT2D eigenvalue weighted by Crippen LogP contribution is -2.22. The number of carbonyl (C=O) groups is 2. The molecule has 0 aromatic heterocycles. The third-order valence-corrected chi connectivity index (χ3v) is 4.76. The van der Waals surface area contributed by atoms with Gasteiger partial charge < -0.3 is 16.0 Å². The number of aryl methyl sites for hydroxylation is 3. The first kappa shape index (κ1) is 20.1. The molecule has 3 aromatic carbocycles. The van der Waals surface area contributed by atoms with E-state index in [0.717, 1.165) is 28.2 Å². The zero-order valence-electron chi connectivity index (χ0n) is 16.9. The molecule has 29 heavy (non-hydrogen) atoms. The largest absolute Gasteiger partial charge is 0.376 e. The van der Waals surface area contributed by atoms with Crippen LogP contribution in [0.25, 0.3) is 0 Å². The number of amides is 2. The molecule has 0 aliphatic heterocycles. The van der Waals surface area contributed by atoms with Crippen LogP contribution in [0.3, 0.4) is 0 Å². The summed E-state index contributed by atoms with van der Waals surface area (Å²) in [6, 6.07) is 20.5. The third-order valence-electron chi connectivity index (χ3n) is 4.76. The first-order valence-corrected chi connectivity index (χ1v) is 9.50. The molecule has 0 radical (unpaired) electrons. The summed E-state index contributed by atoms with van der Waals surface area (Å²) in [6.07, 6.45) is 0. The summed E-state index contributed by atoms with van der Waals surface area (Å²) < 4.78 is 0. The van der Waals surface area contributed by atoms with E-state index in [1.54, 1.807) is 12.1 Å². The van der Waals surface area contributed by atoms with E-state index < -0.39 is 0 Å². The molecular weight excluding hydrogens is 362 g/mol. The molecule has 148 valence electrons. The van der Waals surface area contributed by atoms with Gasteiger partial charge in [-0.3, -0.25) is 9.59 Å². The van der Waals surface area contributed by atoms with Gasteiger partial charge in [0.15, 0.2) is 0 Å². The maximum atomic E-state index is 12.5. The monoisotopic (exact) mass is 387 g/mol. The lowest BCUT2D eigenvalue weighted by atomic mass is 10.1. The van der Waals surface area contributed by atoms with Gasteiger partial charge in [-0.15, -0.1) is 0 Å². The molecule has 0 saturated heterocycles. The van der Waals surface area contributed by atoms with Crippen LogP contribution in [0.1, 0.15) is 27.0 Å². The zero-order valence-corrected chi connectivity index (χ0v) is 16.9. The van der Waals surface area contributed by atoms with Crippen molar-refractivity contribution >= 4 is 28.9 Å². The Morgan fingerprint density at radius 3 is 2.17 bits per heavy atom. The minimum Gasteiger partial charge on any atom is -0.376 e. The van der Waals surface area contributed by atoms with Crippen LogP contribution in [-0.2, 0) is 4.79 Å². The van der Waals surface area contributed by atoms with Crippen molar-refractivity contribution in [3.05, 3.63) is 89.0 Å². The summed E-state index contributed by atoms with van der Waals surface area (Å²) in [5.74, 6) is -0.342. The number of hydrogen-bond donors (Lipinski definition) is 3. The molecule has 5 heteroatoms. The molecule has 0 heterocycles. The summed E-state index contributed by atoms with van der Waals surface area (Å²) in [5, 5.41) is 8.88. The van der Waals surface area contributed by atoms with Gasteiger partial charge in [0.25, 0.3) is 5.91 Å². The number of rotatable bonds is 6. The van der Waals surface area contributed by atoms with Crippen molar-refractivity contribution in [2.24, 2.45) is 0 Å². The molecule has 2 amide bonds. The Hall–Kier alpha value is -3.60. The third kappa shape index (κ3) is 5.45. The van der Waals surface area contributed by atoms with Gasteiger partial charge in [-0.05, 0) is 73.9 Å². The molecule has 0 saturated carbocycles. The van der Waals surface area contributed by atoms with Crippen molar-refractivity contribution in [1.29, 1.82) is 0 Å². The minimum atomic E-state index is -0.196. The van der Waals surface area contributed by atoms with Crippen molar-refractivity contribution in [1.82, 2.24) is 0 Å². The Labute approximate surface area is 171 Å². The van der Waals surface area contributed by atoms with E-state index in [1.165, 1.54) is 5.56 Å². The van der Waals surface area contributed by atoms with E-state index in [9.17, 15) is 9.59 Å². The zero-order chi connectivity index (χ0) is 20.8. The number of anilines is 3. The van der Waals surface area contributed by atoms with Gasteiger partial charge in [0.2, 0.25) is 5.91 Å². The normalized spacial score (nSPS) is 10.3. The Morgan fingerprint density at radius 1 is 0.724 bits per heavy atom. The van der Waals surface area contributed by atoms with Gasteiger partial charge in [0.1, 0.15) is 0 Å². The SMILES string of the molecule is Cc1ccc(NC(=O)CNc2cc(C(=O)Nc3ccccc3)ccc2C)cc1C. The second-order valence-corrected chi connectivity index (χ2v) is 7.05. The minimum absolute atomic E-state index is 0.109. The predicted molar refractivity (Wildman–Crippen MR) is 119 cm³/mol. The average molecular weight is 387 g/mol. The fourth-order valence-corrected chi connectivity index (χ4v) is 2.88. The van der Waals surface area contributed by atoms with Crippen LogP contribution in [0.5, 0.6) is 0 Å². The van der Waals surface area contributed by atoms with Crippen LogP contribution < -0.4 is 16.0 Å². The van der Waals surface area contributed by atoms with Crippen LogP contribution in [0, 0.1) is 20.8 Å². The highest BCUT2D eigenvalue weighted by Crippen LogP contribution is 2.19. The van der Waals surface area contributed by atoms with Crippen molar-refractivity contribution in [2.75, 3.05) is 22.5 Å². The molecule has 0 unspecified atom stereocenters. The van der Waals surface area contributed by atoms with E-state index in [0.29, 0.717) is 5.56 Å². The Morgan fingerprint density at radius 2 is 1.45 bits per heavy atom. The topological polar surface area (TPSA) is 70.2 Å². The van der Waals surface area contributed by atoms with E-state index in [-0.39, 0.29) is 18.4 Å². The average Bonchev–Trinajstić information content (AvgIpc) is 2.71. The highest BCUT2D eigenvalue weighted by atomic mass is 16.2. The summed E-state index contributed by atoms with van der Waals surface area (Å²) >= 11 is 0. The van der Waals surface area contributed by atoms with Crippen LogP contribution in [0.2, 0.25) is 0 Å². The van der Waals surface area contributed by atoms with Crippen LogP contribution in [-0.4, -0.2) is 18.4 Å². The second-order valence-electron chi connectivity index (χ2n) is 7.05. The van der Waals surface area contributed by atoms with Crippen LogP contribution >= 0.6 is 0 Å². The molecule has 3 rings (SSSR count). The van der Waals surface area contributed by atoms with Crippen molar-refractivity contribution in [3.8, 4) is 0 Å². The summed E-state index contributed by atoms with van der Waals surface area (Å²) in [5.41, 5.74) is 6.05. The smallest absolute Gasteiger partial charge is 0.255 e. The summed E-state index contributed by atoms with van der Waals surface area (Å²) in [4.78, 5) is 24.8. The number of carbonyl (C=O) groups excluding carboxylic acids is 2. The highest BCUT2D eigenvalue weighted by Gasteiger charge is 2.10. The Bertz CT molecular complexity index is 1030. The standard InChI is InChI=1S/C24H25N3O2/c1-16-10-12-21(13-18(16)3)26-23(28)15-25-22-14-19(11-9-17(22)2)24(29)27-20-7-5-4-6-8-20/h4-14,25H,15H2,1-3H3,(H,26,28)(H,27,29). The van der Waals surface area contributed by atoms with Gasteiger partial charge >= 0.3 is 0 Å². The van der Waals surface area contributed by atoms with Gasteiger partial charge in [-0.2, -0.15) is 0 Å². The molecule has 0 fully saturated rings. The van der Waals surface area contributed by atoms with Gasteiger partial charge in [0, 0.05) is 22.6 Å². The fourth-order valence-electron chi connectivity index (χ4n) is 2.88. The Kier molecular flexibility index (Phi) is 6.29. The number of nitrogens with one attached hydrogen (secondary N) is 3. The van der Waals surface area contributed by atoms with Crippen molar-refractivity contribution in [3.63, 3.8) is 0 Å². The van der Waals surface area contributed by atoms with Gasteiger partial charge in [-0.25, -0.2) is 0 Å². The molecule has 3 N–H and O–H groups in total. The Balaban J connectivity index is 1.63. The van der Waals surface area contributed by atoms with Gasteiger partial charge in [-0.1, -0.05) is 30.3 Å². The maximum Gasteiger partial charge on any atom is 0.255 e.